The van der Waals surface area contributed by atoms with Crippen molar-refractivity contribution in [2.24, 2.45) is 0 Å². The maximum absolute atomic E-state index is 5.36. The number of hydrogen-bond donors (Lipinski definition) is 0. The summed E-state index contributed by atoms with van der Waals surface area (Å²) in [6, 6.07) is 4.22. The van der Waals surface area contributed by atoms with Gasteiger partial charge in [0.2, 0.25) is 0 Å². The molecule has 1 heterocycles. The molecule has 0 bridgehead atoms. The second-order valence-corrected chi connectivity index (χ2v) is 2.94. The van der Waals surface area contributed by atoms with Crippen molar-refractivity contribution in [3.8, 4) is 0 Å². The molecule has 0 radical (unpaired) electrons. The lowest BCUT2D eigenvalue weighted by molar-refractivity contribution is 0.483. The van der Waals surface area contributed by atoms with Gasteiger partial charge >= 0.3 is 11.5 Å². The first-order valence-corrected chi connectivity index (χ1v) is 4.12. The van der Waals surface area contributed by atoms with Gasteiger partial charge in [-0.15, -0.1) is 0 Å². The van der Waals surface area contributed by atoms with Crippen molar-refractivity contribution in [3.05, 3.63) is 29.2 Å². The van der Waals surface area contributed by atoms with Crippen LogP contribution >= 0.6 is 0 Å². The van der Waals surface area contributed by atoms with E-state index in [0.29, 0.717) is 0 Å². The summed E-state index contributed by atoms with van der Waals surface area (Å²) in [6.07, 6.45) is 2.35. The van der Waals surface area contributed by atoms with E-state index in [-0.39, 0.29) is 0 Å². The van der Waals surface area contributed by atoms with Crippen LogP contribution in [0.1, 0.15) is 30.4 Å². The van der Waals surface area contributed by atoms with Gasteiger partial charge in [0.15, 0.2) is 0 Å². The molecule has 1 heteroatoms. The van der Waals surface area contributed by atoms with Crippen molar-refractivity contribution >= 4 is 0 Å². The number of hydrogen-bond acceptors (Lipinski definition) is 0. The normalized spacial score (nSPS) is 10.1. The molecule has 0 atom stereocenters. The summed E-state index contributed by atoms with van der Waals surface area (Å²) in [7, 11) is 0. The summed E-state index contributed by atoms with van der Waals surface area (Å²) in [5, 5.41) is 0. The summed E-state index contributed by atoms with van der Waals surface area (Å²) in [4.78, 5) is 0. The third kappa shape index (κ3) is 2.34. The number of rotatable bonds is 2. The first-order valence-electron chi connectivity index (χ1n) is 4.12. The van der Waals surface area contributed by atoms with Gasteiger partial charge in [-0.05, 0) is 12.0 Å². The first-order chi connectivity index (χ1) is 5.22. The molecule has 0 aliphatic heterocycles. The van der Waals surface area contributed by atoms with E-state index in [4.69, 9.17) is 4.42 Å². The highest BCUT2D eigenvalue weighted by molar-refractivity contribution is 5.16. The first kappa shape index (κ1) is 8.25. The van der Waals surface area contributed by atoms with Crippen LogP contribution in [0.25, 0.3) is 0 Å². The van der Waals surface area contributed by atoms with Crippen LogP contribution in [-0.2, 0) is 6.42 Å². The highest BCUT2D eigenvalue weighted by Gasteiger charge is 2.06. The van der Waals surface area contributed by atoms with Crippen LogP contribution in [0, 0.1) is 13.8 Å². The molecule has 0 aliphatic carbocycles. The van der Waals surface area contributed by atoms with Crippen molar-refractivity contribution in [2.45, 2.75) is 33.6 Å². The lowest BCUT2D eigenvalue weighted by atomic mass is 10.1. The van der Waals surface area contributed by atoms with Gasteiger partial charge in [0.05, 0.1) is 13.8 Å². The molecule has 0 fully saturated rings. The fourth-order valence-corrected chi connectivity index (χ4v) is 1.31. The summed E-state index contributed by atoms with van der Waals surface area (Å²) in [6.45, 7) is 6.17. The fraction of sp³-hybridized carbons (Fsp3) is 0.500. The Balaban J connectivity index is 2.89. The molecular weight excluding hydrogens is 136 g/mol. The Morgan fingerprint density at radius 3 is 2.18 bits per heavy atom. The SMILES string of the molecule is CCCc1cc(C)[o+]c(C)c1. The van der Waals surface area contributed by atoms with E-state index >= 15 is 0 Å². The second kappa shape index (κ2) is 3.51. The van der Waals surface area contributed by atoms with Gasteiger partial charge in [-0.25, -0.2) is 4.42 Å². The Morgan fingerprint density at radius 1 is 1.18 bits per heavy atom. The molecule has 1 aromatic rings. The molecule has 0 unspecified atom stereocenters. The van der Waals surface area contributed by atoms with Crippen molar-refractivity contribution < 1.29 is 4.42 Å². The maximum Gasteiger partial charge on any atom is 0.326 e. The largest absolute Gasteiger partial charge is 0.326 e. The van der Waals surface area contributed by atoms with Crippen LogP contribution in [0.4, 0.5) is 0 Å². The van der Waals surface area contributed by atoms with Gasteiger partial charge in [0.25, 0.3) is 0 Å². The van der Waals surface area contributed by atoms with Gasteiger partial charge in [0.1, 0.15) is 0 Å². The average molecular weight is 151 g/mol. The average Bonchev–Trinajstić information content (AvgIpc) is 1.85. The third-order valence-electron chi connectivity index (χ3n) is 1.64. The van der Waals surface area contributed by atoms with Crippen molar-refractivity contribution in [1.29, 1.82) is 0 Å². The molecule has 0 aliphatic rings. The molecule has 0 aromatic carbocycles. The summed E-state index contributed by atoms with van der Waals surface area (Å²) >= 11 is 0. The van der Waals surface area contributed by atoms with E-state index in [1.807, 2.05) is 13.8 Å². The predicted molar refractivity (Wildman–Crippen MR) is 46.6 cm³/mol. The highest BCUT2D eigenvalue weighted by Crippen LogP contribution is 2.10. The predicted octanol–water partition coefficient (Wildman–Crippen LogP) is 3.13. The van der Waals surface area contributed by atoms with Gasteiger partial charge in [0, 0.05) is 12.1 Å². The number of aryl methyl sites for hydroxylation is 3. The minimum atomic E-state index is 1.01. The van der Waals surface area contributed by atoms with Crippen LogP contribution in [0.15, 0.2) is 16.5 Å². The van der Waals surface area contributed by atoms with Crippen molar-refractivity contribution in [3.63, 3.8) is 0 Å². The summed E-state index contributed by atoms with van der Waals surface area (Å²) in [5.41, 5.74) is 1.38. The molecule has 0 amide bonds. The lowest BCUT2D eigenvalue weighted by Crippen LogP contribution is -1.86. The van der Waals surface area contributed by atoms with Crippen LogP contribution < -0.4 is 0 Å². The second-order valence-electron chi connectivity index (χ2n) is 2.94. The van der Waals surface area contributed by atoms with Crippen LogP contribution in [0.2, 0.25) is 0 Å². The maximum atomic E-state index is 5.36. The zero-order valence-corrected chi connectivity index (χ0v) is 7.48. The zero-order chi connectivity index (χ0) is 8.27. The molecule has 60 valence electrons. The standard InChI is InChI=1S/C10H15O/c1-4-5-10-6-8(2)11-9(3)7-10/h6-7H,4-5H2,1-3H3/q+1. The Morgan fingerprint density at radius 2 is 1.73 bits per heavy atom. The Bertz CT molecular complexity index is 220. The van der Waals surface area contributed by atoms with E-state index < -0.39 is 0 Å². The summed E-state index contributed by atoms with van der Waals surface area (Å²) in [5.74, 6) is 2.02. The monoisotopic (exact) mass is 151 g/mol. The van der Waals surface area contributed by atoms with Crippen molar-refractivity contribution in [2.75, 3.05) is 0 Å². The minimum absolute atomic E-state index is 1.01. The van der Waals surface area contributed by atoms with Crippen molar-refractivity contribution in [1.82, 2.24) is 0 Å². The molecule has 0 saturated heterocycles. The van der Waals surface area contributed by atoms with E-state index in [9.17, 15) is 0 Å². The molecular formula is C10H15O+. The highest BCUT2D eigenvalue weighted by atomic mass is 16.3. The zero-order valence-electron chi connectivity index (χ0n) is 7.48. The summed E-state index contributed by atoms with van der Waals surface area (Å²) < 4.78 is 5.36. The smallest absolute Gasteiger partial charge is 0.218 e. The minimum Gasteiger partial charge on any atom is -0.218 e. The molecule has 0 saturated carbocycles. The Hall–Kier alpha value is -0.850. The topological polar surface area (TPSA) is 11.3 Å². The molecule has 0 N–H and O–H groups in total. The fourth-order valence-electron chi connectivity index (χ4n) is 1.31. The van der Waals surface area contributed by atoms with Gasteiger partial charge in [-0.3, -0.25) is 0 Å². The molecule has 0 spiro atoms. The Kier molecular flexibility index (Phi) is 2.64. The van der Waals surface area contributed by atoms with E-state index in [2.05, 4.69) is 19.1 Å². The lowest BCUT2D eigenvalue weighted by Gasteiger charge is -1.93. The van der Waals surface area contributed by atoms with Crippen LogP contribution in [-0.4, -0.2) is 0 Å². The Labute approximate surface area is 68.1 Å². The van der Waals surface area contributed by atoms with Gasteiger partial charge < -0.3 is 0 Å². The van der Waals surface area contributed by atoms with E-state index in [0.717, 1.165) is 17.9 Å². The van der Waals surface area contributed by atoms with E-state index in [1.165, 1.54) is 12.0 Å². The van der Waals surface area contributed by atoms with Crippen LogP contribution in [0.3, 0.4) is 0 Å². The molecule has 1 aromatic heterocycles. The third-order valence-corrected chi connectivity index (χ3v) is 1.64. The van der Waals surface area contributed by atoms with E-state index in [1.54, 1.807) is 0 Å². The molecule has 1 rings (SSSR count). The molecule has 1 nitrogen and oxygen atoms in total. The quantitative estimate of drug-likeness (QED) is 0.591. The van der Waals surface area contributed by atoms with Crippen LogP contribution in [0.5, 0.6) is 0 Å². The van der Waals surface area contributed by atoms with Gasteiger partial charge in [-0.1, -0.05) is 13.3 Å². The molecule has 11 heavy (non-hydrogen) atoms. The van der Waals surface area contributed by atoms with Gasteiger partial charge in [-0.2, -0.15) is 0 Å².